The average molecular weight is 440 g/mol. The number of nitrogens with one attached hydrogen (secondary N) is 3. The van der Waals surface area contributed by atoms with Gasteiger partial charge in [-0.2, -0.15) is 0 Å². The van der Waals surface area contributed by atoms with Gasteiger partial charge in [-0.1, -0.05) is 30.3 Å². The third-order valence-corrected chi connectivity index (χ3v) is 6.15. The van der Waals surface area contributed by atoms with Gasteiger partial charge >= 0.3 is 0 Å². The topological polar surface area (TPSA) is 109 Å². The van der Waals surface area contributed by atoms with Crippen molar-refractivity contribution in [2.75, 3.05) is 46.5 Å². The molecule has 4 rings (SSSR count). The summed E-state index contributed by atoms with van der Waals surface area (Å²) in [4.78, 5) is 25.6. The van der Waals surface area contributed by atoms with Crippen LogP contribution < -0.4 is 20.7 Å². The van der Waals surface area contributed by atoms with Crippen molar-refractivity contribution in [2.45, 2.75) is 17.9 Å². The van der Waals surface area contributed by atoms with E-state index in [0.717, 1.165) is 18.7 Å². The van der Waals surface area contributed by atoms with Crippen molar-refractivity contribution >= 4 is 11.8 Å². The lowest BCUT2D eigenvalue weighted by atomic mass is 9.76. The van der Waals surface area contributed by atoms with Crippen LogP contribution in [0.2, 0.25) is 0 Å². The Hall–Kier alpha value is -2.94. The zero-order valence-electron chi connectivity index (χ0n) is 18.1. The molecule has 170 valence electrons. The van der Waals surface area contributed by atoms with E-state index in [0.29, 0.717) is 36.4 Å². The maximum atomic E-state index is 13.0. The molecule has 2 heterocycles. The second-order valence-electron chi connectivity index (χ2n) is 8.12. The first kappa shape index (κ1) is 22.3. The van der Waals surface area contributed by atoms with E-state index in [1.165, 1.54) is 7.05 Å². The van der Waals surface area contributed by atoms with Crippen LogP contribution in [0.3, 0.4) is 0 Å². The number of aliphatic hydroxyl groups excluding tert-OH is 1. The van der Waals surface area contributed by atoms with Crippen molar-refractivity contribution in [3.05, 3.63) is 64.7 Å². The maximum absolute atomic E-state index is 13.0. The standard InChI is InChI=1S/C24H29N3O5/c1-25-23(30)19-11-16(22(29)27-8-7-18-13-26-9-10-31-18)12-20-21(19)32-15-24(20,14-28)17-5-3-2-4-6-17/h2-6,11-12,18,26,28H,7-10,13-15H2,1H3,(H,25,30)(H,27,29)/t18-,24?/m1/s1. The van der Waals surface area contributed by atoms with Crippen molar-refractivity contribution in [3.8, 4) is 5.75 Å². The van der Waals surface area contributed by atoms with E-state index in [1.807, 2.05) is 30.3 Å². The summed E-state index contributed by atoms with van der Waals surface area (Å²) in [5, 5.41) is 19.2. The Morgan fingerprint density at radius 2 is 2.03 bits per heavy atom. The third-order valence-electron chi connectivity index (χ3n) is 6.15. The SMILES string of the molecule is CNC(=O)c1cc(C(=O)NCC[C@@H]2CNCCO2)cc2c1OCC2(CO)c1ccccc1. The molecule has 0 aromatic heterocycles. The summed E-state index contributed by atoms with van der Waals surface area (Å²) in [7, 11) is 1.53. The van der Waals surface area contributed by atoms with Crippen LogP contribution in [0.25, 0.3) is 0 Å². The molecule has 2 aromatic carbocycles. The zero-order chi connectivity index (χ0) is 22.6. The van der Waals surface area contributed by atoms with E-state index in [-0.39, 0.29) is 36.7 Å². The molecule has 8 nitrogen and oxygen atoms in total. The normalized spacial score (nSPS) is 22.0. The molecule has 2 atom stereocenters. The highest BCUT2D eigenvalue weighted by molar-refractivity contribution is 6.02. The van der Waals surface area contributed by atoms with Crippen molar-refractivity contribution in [1.82, 2.24) is 16.0 Å². The highest BCUT2D eigenvalue weighted by atomic mass is 16.5. The molecule has 32 heavy (non-hydrogen) atoms. The van der Waals surface area contributed by atoms with Gasteiger partial charge in [-0.3, -0.25) is 9.59 Å². The summed E-state index contributed by atoms with van der Waals surface area (Å²) < 4.78 is 11.6. The minimum Gasteiger partial charge on any atom is -0.491 e. The number of hydrogen-bond donors (Lipinski definition) is 4. The van der Waals surface area contributed by atoms with E-state index in [1.54, 1.807) is 12.1 Å². The molecular weight excluding hydrogens is 410 g/mol. The first-order chi connectivity index (χ1) is 15.6. The molecular formula is C24H29N3O5. The highest BCUT2D eigenvalue weighted by Gasteiger charge is 2.44. The second kappa shape index (κ2) is 9.68. The summed E-state index contributed by atoms with van der Waals surface area (Å²) >= 11 is 0. The number of fused-ring (bicyclic) bond motifs is 1. The van der Waals surface area contributed by atoms with Gasteiger partial charge in [0.25, 0.3) is 11.8 Å². The number of ether oxygens (including phenoxy) is 2. The van der Waals surface area contributed by atoms with Crippen LogP contribution in [-0.4, -0.2) is 69.5 Å². The van der Waals surface area contributed by atoms with Gasteiger partial charge in [-0.25, -0.2) is 0 Å². The predicted molar refractivity (Wildman–Crippen MR) is 119 cm³/mol. The molecule has 1 saturated heterocycles. The van der Waals surface area contributed by atoms with Crippen LogP contribution >= 0.6 is 0 Å². The third kappa shape index (κ3) is 4.21. The van der Waals surface area contributed by atoms with Crippen LogP contribution in [0.1, 0.15) is 38.3 Å². The number of morpholine rings is 1. The van der Waals surface area contributed by atoms with Gasteiger partial charge in [0.05, 0.1) is 30.3 Å². The largest absolute Gasteiger partial charge is 0.491 e. The Labute approximate surface area is 187 Å². The van der Waals surface area contributed by atoms with Gasteiger partial charge < -0.3 is 30.5 Å². The number of carbonyl (C=O) groups is 2. The minimum absolute atomic E-state index is 0.0685. The molecule has 2 aliphatic rings. The fraction of sp³-hybridized carbons (Fsp3) is 0.417. The molecule has 0 saturated carbocycles. The number of carbonyl (C=O) groups excluding carboxylic acids is 2. The molecule has 0 radical (unpaired) electrons. The smallest absolute Gasteiger partial charge is 0.254 e. The Balaban J connectivity index is 1.64. The van der Waals surface area contributed by atoms with Crippen LogP contribution in [-0.2, 0) is 10.2 Å². The van der Waals surface area contributed by atoms with Gasteiger partial charge in [0.1, 0.15) is 12.4 Å². The Morgan fingerprint density at radius 3 is 2.72 bits per heavy atom. The van der Waals surface area contributed by atoms with Gasteiger partial charge in [-0.05, 0) is 24.1 Å². The first-order valence-corrected chi connectivity index (χ1v) is 10.9. The molecule has 0 bridgehead atoms. The molecule has 2 aliphatic heterocycles. The van der Waals surface area contributed by atoms with Gasteiger partial charge in [0.15, 0.2) is 0 Å². The van der Waals surface area contributed by atoms with E-state index in [2.05, 4.69) is 16.0 Å². The van der Waals surface area contributed by atoms with Crippen LogP contribution in [0.5, 0.6) is 5.75 Å². The molecule has 0 aliphatic carbocycles. The molecule has 8 heteroatoms. The molecule has 2 aromatic rings. The molecule has 2 amide bonds. The van der Waals surface area contributed by atoms with Crippen molar-refractivity contribution < 1.29 is 24.2 Å². The molecule has 1 fully saturated rings. The van der Waals surface area contributed by atoms with E-state index in [4.69, 9.17) is 9.47 Å². The number of hydrogen-bond acceptors (Lipinski definition) is 6. The monoisotopic (exact) mass is 439 g/mol. The predicted octanol–water partition coefficient (Wildman–Crippen LogP) is 0.825. The molecule has 0 spiro atoms. The summed E-state index contributed by atoms with van der Waals surface area (Å²) in [5.41, 5.74) is 1.28. The van der Waals surface area contributed by atoms with Gasteiger partial charge in [-0.15, -0.1) is 0 Å². The molecule has 4 N–H and O–H groups in total. The van der Waals surface area contributed by atoms with E-state index < -0.39 is 5.41 Å². The minimum atomic E-state index is -0.850. The second-order valence-corrected chi connectivity index (χ2v) is 8.12. The van der Waals surface area contributed by atoms with E-state index >= 15 is 0 Å². The van der Waals surface area contributed by atoms with Gasteiger partial charge in [0, 0.05) is 37.8 Å². The fourth-order valence-electron chi connectivity index (χ4n) is 4.32. The van der Waals surface area contributed by atoms with Crippen molar-refractivity contribution in [3.63, 3.8) is 0 Å². The number of aliphatic hydroxyl groups is 1. The van der Waals surface area contributed by atoms with Crippen LogP contribution in [0.4, 0.5) is 0 Å². The van der Waals surface area contributed by atoms with Crippen molar-refractivity contribution in [1.29, 1.82) is 0 Å². The van der Waals surface area contributed by atoms with Crippen LogP contribution in [0.15, 0.2) is 42.5 Å². The first-order valence-electron chi connectivity index (χ1n) is 10.9. The Kier molecular flexibility index (Phi) is 6.74. The number of rotatable bonds is 7. The lowest BCUT2D eigenvalue weighted by Gasteiger charge is -2.26. The summed E-state index contributed by atoms with van der Waals surface area (Å²) in [5.74, 6) is -0.228. The van der Waals surface area contributed by atoms with Crippen LogP contribution in [0, 0.1) is 0 Å². The number of benzene rings is 2. The zero-order valence-corrected chi connectivity index (χ0v) is 18.1. The summed E-state index contributed by atoms with van der Waals surface area (Å²) in [6.07, 6.45) is 0.763. The maximum Gasteiger partial charge on any atom is 0.254 e. The van der Waals surface area contributed by atoms with E-state index in [9.17, 15) is 14.7 Å². The lowest BCUT2D eigenvalue weighted by molar-refractivity contribution is 0.0239. The average Bonchev–Trinajstić information content (AvgIpc) is 3.24. The number of amides is 2. The summed E-state index contributed by atoms with van der Waals surface area (Å²) in [6, 6.07) is 12.8. The quantitative estimate of drug-likeness (QED) is 0.509. The highest BCUT2D eigenvalue weighted by Crippen LogP contribution is 2.45. The lowest BCUT2D eigenvalue weighted by Crippen LogP contribution is -2.40. The summed E-state index contributed by atoms with van der Waals surface area (Å²) in [6.45, 7) is 2.71. The Morgan fingerprint density at radius 1 is 1.22 bits per heavy atom. The molecule has 1 unspecified atom stereocenters. The van der Waals surface area contributed by atoms with Crippen molar-refractivity contribution in [2.24, 2.45) is 0 Å². The van der Waals surface area contributed by atoms with Gasteiger partial charge in [0.2, 0.25) is 0 Å². The fourth-order valence-corrected chi connectivity index (χ4v) is 4.32. The Bertz CT molecular complexity index is 975.